The summed E-state index contributed by atoms with van der Waals surface area (Å²) in [7, 11) is 0. The Morgan fingerprint density at radius 2 is 1.76 bits per heavy atom. The molecule has 34 heavy (non-hydrogen) atoms. The first kappa shape index (κ1) is 24.0. The number of aryl methyl sites for hydroxylation is 1. The lowest BCUT2D eigenvalue weighted by Crippen LogP contribution is -2.39. The summed E-state index contributed by atoms with van der Waals surface area (Å²) in [4.78, 5) is 51.4. The molecule has 2 aromatic rings. The summed E-state index contributed by atoms with van der Waals surface area (Å²) < 4.78 is 15.9. The second-order valence-corrected chi connectivity index (χ2v) is 10.9. The summed E-state index contributed by atoms with van der Waals surface area (Å²) in [6.45, 7) is 11.6. The highest BCUT2D eigenvalue weighted by molar-refractivity contribution is 5.92. The lowest BCUT2D eigenvalue weighted by Gasteiger charge is -2.39. The molecule has 1 aromatic heterocycles. The Morgan fingerprint density at radius 3 is 2.41 bits per heavy atom. The molecule has 2 aliphatic rings. The van der Waals surface area contributed by atoms with E-state index in [1.54, 1.807) is 13.0 Å². The Balaban J connectivity index is 1.70. The van der Waals surface area contributed by atoms with Gasteiger partial charge >= 0.3 is 17.6 Å². The summed E-state index contributed by atoms with van der Waals surface area (Å²) in [5, 5.41) is 0.503. The molecule has 1 saturated carbocycles. The van der Waals surface area contributed by atoms with Crippen molar-refractivity contribution in [2.75, 3.05) is 6.54 Å². The van der Waals surface area contributed by atoms with E-state index in [0.29, 0.717) is 17.5 Å². The molecule has 1 saturated heterocycles. The number of hydrogen-bond acceptors (Lipinski definition) is 7. The van der Waals surface area contributed by atoms with Crippen LogP contribution in [0.3, 0.4) is 0 Å². The van der Waals surface area contributed by atoms with E-state index >= 15 is 0 Å². The lowest BCUT2D eigenvalue weighted by molar-refractivity contribution is -0.134. The van der Waals surface area contributed by atoms with Crippen molar-refractivity contribution in [1.82, 2.24) is 4.90 Å². The van der Waals surface area contributed by atoms with E-state index in [1.165, 1.54) is 19.9 Å². The molecule has 8 heteroatoms. The van der Waals surface area contributed by atoms with Gasteiger partial charge in [0.1, 0.15) is 0 Å². The van der Waals surface area contributed by atoms with Gasteiger partial charge in [-0.25, -0.2) is 4.79 Å². The number of esters is 2. The summed E-state index contributed by atoms with van der Waals surface area (Å²) >= 11 is 0. The fraction of sp³-hybridized carbons (Fsp3) is 0.538. The van der Waals surface area contributed by atoms with Gasteiger partial charge in [-0.1, -0.05) is 20.8 Å². The predicted octanol–water partition coefficient (Wildman–Crippen LogP) is 3.92. The zero-order chi connectivity index (χ0) is 25.0. The van der Waals surface area contributed by atoms with Crippen LogP contribution < -0.4 is 15.1 Å². The molecule has 1 aliphatic carbocycles. The molecule has 0 radical (unpaired) electrons. The first-order valence-electron chi connectivity index (χ1n) is 11.5. The summed E-state index contributed by atoms with van der Waals surface area (Å²) in [5.41, 5.74) is 0.432. The Labute approximate surface area is 198 Å². The molecule has 2 atom stereocenters. The van der Waals surface area contributed by atoms with Gasteiger partial charge in [0.15, 0.2) is 11.3 Å². The third-order valence-corrected chi connectivity index (χ3v) is 6.94. The van der Waals surface area contributed by atoms with Crippen molar-refractivity contribution in [2.45, 2.75) is 73.3 Å². The van der Waals surface area contributed by atoms with Gasteiger partial charge in [-0.3, -0.25) is 14.4 Å². The van der Waals surface area contributed by atoms with Crippen LogP contribution in [0.1, 0.15) is 65.0 Å². The number of likely N-dealkylation sites (tertiary alicyclic amines) is 1. The number of carbonyl (C=O) groups is 3. The third-order valence-electron chi connectivity index (χ3n) is 6.94. The van der Waals surface area contributed by atoms with Crippen molar-refractivity contribution in [1.29, 1.82) is 0 Å². The SMILES string of the molecule is CC(=O)Oc1ccc2c(C)c(CC(=O)N3C[C@]4(C)C[C@@H]3CC(C)(C)C4)c(=O)oc2c1OC(C)=O. The van der Waals surface area contributed by atoms with Gasteiger partial charge in [0, 0.05) is 31.8 Å². The van der Waals surface area contributed by atoms with E-state index in [-0.39, 0.29) is 51.8 Å². The quantitative estimate of drug-likeness (QED) is 0.380. The van der Waals surface area contributed by atoms with Crippen LogP contribution in [0.4, 0.5) is 0 Å². The van der Waals surface area contributed by atoms with Crippen LogP contribution in [-0.2, 0) is 20.8 Å². The monoisotopic (exact) mass is 469 g/mol. The van der Waals surface area contributed by atoms with Gasteiger partial charge in [0.2, 0.25) is 11.7 Å². The molecule has 1 aliphatic heterocycles. The predicted molar refractivity (Wildman–Crippen MR) is 125 cm³/mol. The molecule has 1 aromatic carbocycles. The number of benzene rings is 1. The molecule has 2 bridgehead atoms. The van der Waals surface area contributed by atoms with E-state index in [2.05, 4.69) is 20.8 Å². The van der Waals surface area contributed by atoms with Crippen LogP contribution in [0.25, 0.3) is 11.0 Å². The van der Waals surface area contributed by atoms with Crippen molar-refractivity contribution in [3.8, 4) is 11.5 Å². The average molecular weight is 470 g/mol. The van der Waals surface area contributed by atoms with E-state index in [0.717, 1.165) is 19.3 Å². The lowest BCUT2D eigenvalue weighted by atomic mass is 9.65. The average Bonchev–Trinajstić information content (AvgIpc) is 2.95. The molecule has 1 amide bonds. The van der Waals surface area contributed by atoms with Crippen molar-refractivity contribution >= 4 is 28.8 Å². The first-order chi connectivity index (χ1) is 15.8. The molecule has 0 N–H and O–H groups in total. The number of hydrogen-bond donors (Lipinski definition) is 0. The fourth-order valence-corrected chi connectivity index (χ4v) is 6.10. The number of carbonyl (C=O) groups excluding carboxylic acids is 3. The third kappa shape index (κ3) is 4.45. The normalized spacial score (nSPS) is 23.1. The van der Waals surface area contributed by atoms with Gasteiger partial charge in [-0.2, -0.15) is 0 Å². The molecule has 4 rings (SSSR count). The highest BCUT2D eigenvalue weighted by Crippen LogP contribution is 2.52. The fourth-order valence-electron chi connectivity index (χ4n) is 6.10. The van der Waals surface area contributed by atoms with Crippen LogP contribution in [0.2, 0.25) is 0 Å². The van der Waals surface area contributed by atoms with E-state index in [9.17, 15) is 19.2 Å². The number of nitrogens with zero attached hydrogens (tertiary/aromatic N) is 1. The van der Waals surface area contributed by atoms with Crippen LogP contribution in [0.15, 0.2) is 21.3 Å². The minimum atomic E-state index is -0.680. The maximum Gasteiger partial charge on any atom is 0.340 e. The maximum absolute atomic E-state index is 13.4. The molecule has 2 heterocycles. The van der Waals surface area contributed by atoms with E-state index in [1.807, 2.05) is 4.90 Å². The smallest absolute Gasteiger partial charge is 0.340 e. The van der Waals surface area contributed by atoms with Gasteiger partial charge in [-0.15, -0.1) is 0 Å². The van der Waals surface area contributed by atoms with Gasteiger partial charge in [0.25, 0.3) is 0 Å². The van der Waals surface area contributed by atoms with Crippen LogP contribution in [-0.4, -0.2) is 35.3 Å². The molecule has 8 nitrogen and oxygen atoms in total. The second-order valence-electron chi connectivity index (χ2n) is 10.9. The number of ether oxygens (including phenoxy) is 2. The van der Waals surface area contributed by atoms with Crippen LogP contribution >= 0.6 is 0 Å². The highest BCUT2D eigenvalue weighted by Gasteiger charge is 2.50. The molecule has 0 spiro atoms. The first-order valence-corrected chi connectivity index (χ1v) is 11.5. The van der Waals surface area contributed by atoms with Crippen molar-refractivity contribution in [2.24, 2.45) is 10.8 Å². The summed E-state index contributed by atoms with van der Waals surface area (Å²) in [6, 6.07) is 3.28. The van der Waals surface area contributed by atoms with Gasteiger partial charge in [-0.05, 0) is 54.7 Å². The highest BCUT2D eigenvalue weighted by atomic mass is 16.6. The van der Waals surface area contributed by atoms with Crippen LogP contribution in [0, 0.1) is 17.8 Å². The minimum absolute atomic E-state index is 0.000982. The van der Waals surface area contributed by atoms with Gasteiger partial charge in [0.05, 0.1) is 12.0 Å². The Bertz CT molecular complexity index is 1260. The zero-order valence-electron chi connectivity index (χ0n) is 20.6. The van der Waals surface area contributed by atoms with Crippen LogP contribution in [0.5, 0.6) is 11.5 Å². The number of fused-ring (bicyclic) bond motifs is 3. The van der Waals surface area contributed by atoms with E-state index < -0.39 is 17.6 Å². The second kappa shape index (κ2) is 8.25. The number of amides is 1. The van der Waals surface area contributed by atoms with Gasteiger partial charge < -0.3 is 18.8 Å². The summed E-state index contributed by atoms with van der Waals surface area (Å²) in [5.74, 6) is -1.51. The Hall–Kier alpha value is -3.16. The minimum Gasteiger partial charge on any atom is -0.423 e. The molecule has 0 unspecified atom stereocenters. The molecular formula is C26H31NO7. The molecule has 182 valence electrons. The van der Waals surface area contributed by atoms with Crippen molar-refractivity contribution in [3.63, 3.8) is 0 Å². The number of rotatable bonds is 4. The van der Waals surface area contributed by atoms with Crippen molar-refractivity contribution in [3.05, 3.63) is 33.7 Å². The van der Waals surface area contributed by atoms with E-state index in [4.69, 9.17) is 13.9 Å². The largest absolute Gasteiger partial charge is 0.423 e. The maximum atomic E-state index is 13.4. The standard InChI is InChI=1S/C26H31NO7/c1-14-18-7-8-20(32-15(2)28)23(33-16(3)29)22(18)34-24(31)19(14)9-21(30)27-13-26(6)11-17(27)10-25(4,5)12-26/h7-8,17H,9-13H2,1-6H3/t17-,26+/m0/s1. The Morgan fingerprint density at radius 1 is 1.09 bits per heavy atom. The molecule has 2 fully saturated rings. The topological polar surface area (TPSA) is 103 Å². The summed E-state index contributed by atoms with van der Waals surface area (Å²) in [6.07, 6.45) is 2.94. The Kier molecular flexibility index (Phi) is 5.82. The van der Waals surface area contributed by atoms with Crippen molar-refractivity contribution < 1.29 is 28.3 Å². The molecular weight excluding hydrogens is 438 g/mol. The zero-order valence-corrected chi connectivity index (χ0v) is 20.6.